The van der Waals surface area contributed by atoms with Crippen LogP contribution in [0.2, 0.25) is 0 Å². The summed E-state index contributed by atoms with van der Waals surface area (Å²) in [5.74, 6) is -0.785. The van der Waals surface area contributed by atoms with Gasteiger partial charge in [0.2, 0.25) is 0 Å². The number of hydrogen-bond donors (Lipinski definition) is 1. The van der Waals surface area contributed by atoms with Gasteiger partial charge in [0, 0.05) is 16.6 Å². The van der Waals surface area contributed by atoms with Gasteiger partial charge in [-0.25, -0.2) is 12.8 Å². The maximum absolute atomic E-state index is 13.2. The van der Waals surface area contributed by atoms with Crippen molar-refractivity contribution in [2.75, 3.05) is 4.72 Å². The van der Waals surface area contributed by atoms with Crippen LogP contribution in [-0.4, -0.2) is 13.3 Å². The van der Waals surface area contributed by atoms with Crippen LogP contribution in [0.5, 0.6) is 0 Å². The van der Waals surface area contributed by atoms with E-state index in [2.05, 4.69) is 15.9 Å². The van der Waals surface area contributed by atoms with Crippen LogP contribution in [0.4, 0.5) is 15.8 Å². The first kappa shape index (κ1) is 15.4. The average Bonchev–Trinajstić information content (AvgIpc) is 2.38. The van der Waals surface area contributed by atoms with E-state index in [1.165, 1.54) is 18.2 Å². The fourth-order valence-electron chi connectivity index (χ4n) is 1.59. The van der Waals surface area contributed by atoms with Gasteiger partial charge in [-0.15, -0.1) is 0 Å². The van der Waals surface area contributed by atoms with Crippen molar-refractivity contribution in [2.45, 2.75) is 4.90 Å². The van der Waals surface area contributed by atoms with Gasteiger partial charge in [-0.3, -0.25) is 14.8 Å². The Kier molecular flexibility index (Phi) is 4.24. The molecular formula is C12H8BrFN2O4S. The van der Waals surface area contributed by atoms with Crippen molar-refractivity contribution in [1.82, 2.24) is 0 Å². The Bertz CT molecular complexity index is 811. The lowest BCUT2D eigenvalue weighted by Gasteiger charge is -2.09. The van der Waals surface area contributed by atoms with Gasteiger partial charge in [0.25, 0.3) is 15.7 Å². The van der Waals surface area contributed by atoms with Gasteiger partial charge >= 0.3 is 0 Å². The molecule has 0 fully saturated rings. The topological polar surface area (TPSA) is 89.3 Å². The third-order valence-corrected chi connectivity index (χ3v) is 4.36. The van der Waals surface area contributed by atoms with Crippen molar-refractivity contribution in [3.63, 3.8) is 0 Å². The van der Waals surface area contributed by atoms with Crippen molar-refractivity contribution in [3.05, 3.63) is 62.9 Å². The summed E-state index contributed by atoms with van der Waals surface area (Å²) in [6, 6.07) is 8.31. The number of sulfonamides is 1. The normalized spacial score (nSPS) is 11.1. The minimum atomic E-state index is -4.06. The fraction of sp³-hybridized carbons (Fsp3) is 0. The van der Waals surface area contributed by atoms with Crippen LogP contribution in [0, 0.1) is 15.9 Å². The molecule has 110 valence electrons. The second-order valence-corrected chi connectivity index (χ2v) is 6.58. The zero-order chi connectivity index (χ0) is 15.6. The smallest absolute Gasteiger partial charge is 0.273 e. The number of anilines is 1. The minimum absolute atomic E-state index is 0.101. The molecule has 0 bridgehead atoms. The molecule has 9 heteroatoms. The molecule has 0 aliphatic carbocycles. The Balaban J connectivity index is 2.46. The van der Waals surface area contributed by atoms with E-state index in [4.69, 9.17) is 0 Å². The standard InChI is InChI=1S/C12H8BrFN2O4S/c13-8-2-1-3-10(6-8)21(19,20)15-11-7-9(14)4-5-12(11)16(17)18/h1-7,15H. The average molecular weight is 375 g/mol. The molecule has 21 heavy (non-hydrogen) atoms. The lowest BCUT2D eigenvalue weighted by Crippen LogP contribution is -2.14. The third-order valence-electron chi connectivity index (χ3n) is 2.51. The van der Waals surface area contributed by atoms with Gasteiger partial charge < -0.3 is 0 Å². The van der Waals surface area contributed by atoms with Crippen LogP contribution in [0.15, 0.2) is 51.8 Å². The SMILES string of the molecule is O=[N+]([O-])c1ccc(F)cc1NS(=O)(=O)c1cccc(Br)c1. The molecule has 0 unspecified atom stereocenters. The van der Waals surface area contributed by atoms with Crippen molar-refractivity contribution in [2.24, 2.45) is 0 Å². The van der Waals surface area contributed by atoms with Crippen molar-refractivity contribution < 1.29 is 17.7 Å². The number of nitro benzene ring substituents is 1. The summed E-state index contributed by atoms with van der Waals surface area (Å²) in [6.45, 7) is 0. The molecule has 0 saturated carbocycles. The Morgan fingerprint density at radius 2 is 1.90 bits per heavy atom. The number of rotatable bonds is 4. The predicted octanol–water partition coefficient (Wildman–Crippen LogP) is 3.30. The molecule has 0 radical (unpaired) electrons. The van der Waals surface area contributed by atoms with Gasteiger partial charge in [0.05, 0.1) is 9.82 Å². The molecule has 2 rings (SSSR count). The second-order valence-electron chi connectivity index (χ2n) is 3.98. The first-order chi connectivity index (χ1) is 9.79. The van der Waals surface area contributed by atoms with E-state index in [0.717, 1.165) is 18.2 Å². The van der Waals surface area contributed by atoms with E-state index < -0.39 is 32.1 Å². The quantitative estimate of drug-likeness (QED) is 0.656. The largest absolute Gasteiger partial charge is 0.293 e. The van der Waals surface area contributed by atoms with Crippen LogP contribution in [0.1, 0.15) is 0 Å². The molecule has 0 aliphatic heterocycles. The summed E-state index contributed by atoms with van der Waals surface area (Å²) in [4.78, 5) is 9.96. The molecule has 0 aliphatic rings. The van der Waals surface area contributed by atoms with Gasteiger partial charge in [-0.1, -0.05) is 22.0 Å². The van der Waals surface area contributed by atoms with E-state index in [0.29, 0.717) is 4.47 Å². The minimum Gasteiger partial charge on any atom is -0.273 e. The summed E-state index contributed by atoms with van der Waals surface area (Å²) in [6.07, 6.45) is 0. The summed E-state index contributed by atoms with van der Waals surface area (Å²) in [5, 5.41) is 10.9. The molecular weight excluding hydrogens is 367 g/mol. The second kappa shape index (κ2) is 5.78. The van der Waals surface area contributed by atoms with E-state index in [9.17, 15) is 22.9 Å². The lowest BCUT2D eigenvalue weighted by atomic mass is 10.3. The zero-order valence-corrected chi connectivity index (χ0v) is 12.7. The Morgan fingerprint density at radius 1 is 1.19 bits per heavy atom. The van der Waals surface area contributed by atoms with Crippen LogP contribution < -0.4 is 4.72 Å². The van der Waals surface area contributed by atoms with E-state index in [-0.39, 0.29) is 4.90 Å². The van der Waals surface area contributed by atoms with E-state index >= 15 is 0 Å². The Labute approximate surface area is 127 Å². The highest BCUT2D eigenvalue weighted by molar-refractivity contribution is 9.10. The molecule has 2 aromatic carbocycles. The number of nitrogens with zero attached hydrogens (tertiary/aromatic N) is 1. The zero-order valence-electron chi connectivity index (χ0n) is 10.3. The number of benzene rings is 2. The summed E-state index contributed by atoms with van der Waals surface area (Å²) >= 11 is 3.13. The molecule has 1 N–H and O–H groups in total. The third kappa shape index (κ3) is 3.56. The molecule has 0 saturated heterocycles. The summed E-state index contributed by atoms with van der Waals surface area (Å²) in [5.41, 5.74) is -0.963. The van der Waals surface area contributed by atoms with Gasteiger partial charge in [0.1, 0.15) is 11.5 Å². The molecule has 0 heterocycles. The van der Waals surface area contributed by atoms with Gasteiger partial charge in [-0.05, 0) is 24.3 Å². The number of nitrogens with one attached hydrogen (secondary N) is 1. The van der Waals surface area contributed by atoms with Crippen LogP contribution in [0.25, 0.3) is 0 Å². The van der Waals surface area contributed by atoms with Crippen molar-refractivity contribution >= 4 is 37.3 Å². The summed E-state index contributed by atoms with van der Waals surface area (Å²) in [7, 11) is -4.06. The molecule has 0 aromatic heterocycles. The highest BCUT2D eigenvalue weighted by atomic mass is 79.9. The molecule has 6 nitrogen and oxygen atoms in total. The number of nitro groups is 1. The van der Waals surface area contributed by atoms with Crippen molar-refractivity contribution in [3.8, 4) is 0 Å². The number of hydrogen-bond acceptors (Lipinski definition) is 4. The van der Waals surface area contributed by atoms with E-state index in [1.807, 2.05) is 4.72 Å². The molecule has 0 amide bonds. The lowest BCUT2D eigenvalue weighted by molar-refractivity contribution is -0.383. The molecule has 0 atom stereocenters. The monoisotopic (exact) mass is 374 g/mol. The van der Waals surface area contributed by atoms with Gasteiger partial charge in [0.15, 0.2) is 0 Å². The highest BCUT2D eigenvalue weighted by Gasteiger charge is 2.21. The van der Waals surface area contributed by atoms with Crippen LogP contribution >= 0.6 is 15.9 Å². The molecule has 2 aromatic rings. The van der Waals surface area contributed by atoms with Gasteiger partial charge in [-0.2, -0.15) is 0 Å². The fourth-order valence-corrected chi connectivity index (χ4v) is 3.25. The first-order valence-electron chi connectivity index (χ1n) is 5.52. The molecule has 0 spiro atoms. The Hall–Kier alpha value is -2.00. The van der Waals surface area contributed by atoms with Crippen LogP contribution in [0.3, 0.4) is 0 Å². The van der Waals surface area contributed by atoms with Crippen molar-refractivity contribution in [1.29, 1.82) is 0 Å². The van der Waals surface area contributed by atoms with Crippen LogP contribution in [-0.2, 0) is 10.0 Å². The predicted molar refractivity (Wildman–Crippen MR) is 78.0 cm³/mol. The highest BCUT2D eigenvalue weighted by Crippen LogP contribution is 2.28. The first-order valence-corrected chi connectivity index (χ1v) is 7.79. The Morgan fingerprint density at radius 3 is 2.52 bits per heavy atom. The maximum Gasteiger partial charge on any atom is 0.293 e. The maximum atomic E-state index is 13.2. The summed E-state index contributed by atoms with van der Waals surface area (Å²) < 4.78 is 40.1. The van der Waals surface area contributed by atoms with E-state index in [1.54, 1.807) is 6.07 Å². The number of halogens is 2.